The second-order valence-electron chi connectivity index (χ2n) is 8.74. The average molecular weight is 489 g/mol. The quantitative estimate of drug-likeness (QED) is 0.178. The van der Waals surface area contributed by atoms with Gasteiger partial charge in [-0.05, 0) is 66.4 Å². The average Bonchev–Trinajstić information content (AvgIpc) is 3.16. The van der Waals surface area contributed by atoms with Crippen LogP contribution in [0.15, 0.2) is 78.6 Å². The summed E-state index contributed by atoms with van der Waals surface area (Å²) in [4.78, 5) is 31.8. The van der Waals surface area contributed by atoms with E-state index in [0.29, 0.717) is 29.9 Å². The van der Waals surface area contributed by atoms with Crippen LogP contribution in [-0.4, -0.2) is 39.8 Å². The fraction of sp³-hybridized carbons (Fsp3) is 0.276. The Kier molecular flexibility index (Phi) is 8.10. The topological polar surface area (TPSA) is 79.7 Å². The minimum Gasteiger partial charge on any atom is -0.507 e. The maximum atomic E-state index is 13.3. The summed E-state index contributed by atoms with van der Waals surface area (Å²) < 4.78 is 19.0. The monoisotopic (exact) mass is 488 g/mol. The summed E-state index contributed by atoms with van der Waals surface area (Å²) in [6, 6.07) is 15.6. The molecule has 4 rings (SSSR count). The van der Waals surface area contributed by atoms with Crippen molar-refractivity contribution >= 4 is 17.4 Å². The van der Waals surface area contributed by atoms with Gasteiger partial charge in [0.2, 0.25) is 0 Å². The van der Waals surface area contributed by atoms with Gasteiger partial charge in [0.25, 0.3) is 11.7 Å². The van der Waals surface area contributed by atoms with E-state index in [4.69, 9.17) is 4.74 Å². The highest BCUT2D eigenvalue weighted by molar-refractivity contribution is 6.46. The molecule has 0 saturated carbocycles. The van der Waals surface area contributed by atoms with E-state index in [-0.39, 0.29) is 23.7 Å². The summed E-state index contributed by atoms with van der Waals surface area (Å²) >= 11 is 0. The number of aliphatic hydroxyl groups is 1. The smallest absolute Gasteiger partial charge is 0.295 e. The van der Waals surface area contributed by atoms with E-state index in [1.807, 2.05) is 0 Å². The summed E-state index contributed by atoms with van der Waals surface area (Å²) in [6.45, 7) is 2.96. The highest BCUT2D eigenvalue weighted by atomic mass is 19.1. The highest BCUT2D eigenvalue weighted by Gasteiger charge is 2.45. The first-order chi connectivity index (χ1) is 17.5. The SMILES string of the molecule is CCCCCOc1ccc(/C(O)=C2/C(=O)C(=O)N(CCc3ccc(F)cc3)C2c2cccnc2)cc1. The predicted molar refractivity (Wildman–Crippen MR) is 135 cm³/mol. The lowest BCUT2D eigenvalue weighted by Crippen LogP contribution is -2.31. The zero-order valence-corrected chi connectivity index (χ0v) is 20.2. The van der Waals surface area contributed by atoms with Crippen LogP contribution in [0.25, 0.3) is 5.76 Å². The molecule has 2 heterocycles. The van der Waals surface area contributed by atoms with E-state index in [9.17, 15) is 19.1 Å². The Morgan fingerprint density at radius 2 is 1.81 bits per heavy atom. The van der Waals surface area contributed by atoms with Gasteiger partial charge in [0.05, 0.1) is 18.2 Å². The summed E-state index contributed by atoms with van der Waals surface area (Å²) in [7, 11) is 0. The Balaban J connectivity index is 1.63. The predicted octanol–water partition coefficient (Wildman–Crippen LogP) is 5.45. The van der Waals surface area contributed by atoms with Crippen LogP contribution in [-0.2, 0) is 16.0 Å². The van der Waals surface area contributed by atoms with E-state index in [1.165, 1.54) is 17.0 Å². The summed E-state index contributed by atoms with van der Waals surface area (Å²) in [5, 5.41) is 11.2. The van der Waals surface area contributed by atoms with Crippen molar-refractivity contribution in [2.75, 3.05) is 13.2 Å². The van der Waals surface area contributed by atoms with Crippen LogP contribution in [0.2, 0.25) is 0 Å². The molecule has 1 amide bonds. The number of Topliss-reactive ketones (excluding diaryl/α,β-unsaturated/α-hetero) is 1. The molecule has 1 aliphatic rings. The number of hydrogen-bond acceptors (Lipinski definition) is 5. The molecule has 1 unspecified atom stereocenters. The van der Waals surface area contributed by atoms with Crippen molar-refractivity contribution in [3.05, 3.63) is 101 Å². The van der Waals surface area contributed by atoms with Crippen LogP contribution in [0.5, 0.6) is 5.75 Å². The molecule has 0 aliphatic carbocycles. The van der Waals surface area contributed by atoms with Gasteiger partial charge in [-0.1, -0.05) is 38.0 Å². The molecule has 0 spiro atoms. The Labute approximate surface area is 210 Å². The molecule has 1 aromatic heterocycles. The first-order valence-corrected chi connectivity index (χ1v) is 12.2. The number of ketones is 1. The van der Waals surface area contributed by atoms with Crippen molar-refractivity contribution < 1.29 is 23.8 Å². The molecule has 1 saturated heterocycles. The third kappa shape index (κ3) is 5.62. The number of hydrogen-bond donors (Lipinski definition) is 1. The summed E-state index contributed by atoms with van der Waals surface area (Å²) in [5.74, 6) is -1.36. The number of aliphatic hydroxyl groups excluding tert-OH is 1. The lowest BCUT2D eigenvalue weighted by atomic mass is 9.96. The van der Waals surface area contributed by atoms with Gasteiger partial charge in [0.15, 0.2) is 0 Å². The Morgan fingerprint density at radius 3 is 2.47 bits per heavy atom. The number of halogens is 1. The minimum absolute atomic E-state index is 0.0173. The standard InChI is InChI=1S/C29H29FN2O4/c1-2-3-4-18-36-24-13-9-21(10-14-24)27(33)25-26(22-6-5-16-31-19-22)32(29(35)28(25)34)17-15-20-7-11-23(30)12-8-20/h5-14,16,19,26,33H,2-4,15,17-18H2,1H3/b27-25-. The molecule has 36 heavy (non-hydrogen) atoms. The lowest BCUT2D eigenvalue weighted by molar-refractivity contribution is -0.139. The number of benzene rings is 2. The molecule has 186 valence electrons. The summed E-state index contributed by atoms with van der Waals surface area (Å²) in [6.07, 6.45) is 6.78. The zero-order chi connectivity index (χ0) is 25.5. The van der Waals surface area contributed by atoms with Crippen LogP contribution in [0.1, 0.15) is 48.9 Å². The Bertz CT molecular complexity index is 1220. The number of carbonyl (C=O) groups excluding carboxylic acids is 2. The molecule has 1 aliphatic heterocycles. The molecule has 3 aromatic rings. The number of pyridine rings is 1. The molecule has 1 N–H and O–H groups in total. The number of ether oxygens (including phenoxy) is 1. The van der Waals surface area contributed by atoms with Gasteiger partial charge >= 0.3 is 0 Å². The maximum absolute atomic E-state index is 13.3. The number of nitrogens with zero attached hydrogens (tertiary/aromatic N) is 2. The van der Waals surface area contributed by atoms with Crippen molar-refractivity contribution in [1.82, 2.24) is 9.88 Å². The van der Waals surface area contributed by atoms with Crippen molar-refractivity contribution in [2.45, 2.75) is 38.6 Å². The number of carbonyl (C=O) groups is 2. The van der Waals surface area contributed by atoms with Crippen LogP contribution >= 0.6 is 0 Å². The van der Waals surface area contributed by atoms with E-state index in [0.717, 1.165) is 24.8 Å². The van der Waals surface area contributed by atoms with Crippen LogP contribution in [0, 0.1) is 5.82 Å². The number of aromatic nitrogens is 1. The first kappa shape index (κ1) is 25.1. The second-order valence-corrected chi connectivity index (χ2v) is 8.74. The molecule has 2 aromatic carbocycles. The molecule has 1 atom stereocenters. The van der Waals surface area contributed by atoms with Crippen LogP contribution in [0.3, 0.4) is 0 Å². The minimum atomic E-state index is -0.788. The second kappa shape index (κ2) is 11.6. The van der Waals surface area contributed by atoms with Gasteiger partial charge in [-0.3, -0.25) is 14.6 Å². The molecule has 1 fully saturated rings. The molecular weight excluding hydrogens is 459 g/mol. The highest BCUT2D eigenvalue weighted by Crippen LogP contribution is 2.39. The van der Waals surface area contributed by atoms with Crippen LogP contribution < -0.4 is 4.74 Å². The zero-order valence-electron chi connectivity index (χ0n) is 20.2. The van der Waals surface area contributed by atoms with Gasteiger partial charge in [0.1, 0.15) is 17.3 Å². The number of unbranched alkanes of at least 4 members (excludes halogenated alkanes) is 2. The van der Waals surface area contributed by atoms with Crippen LogP contribution in [0.4, 0.5) is 4.39 Å². The molecule has 6 nitrogen and oxygen atoms in total. The fourth-order valence-corrected chi connectivity index (χ4v) is 4.30. The van der Waals surface area contributed by atoms with Gasteiger partial charge in [-0.15, -0.1) is 0 Å². The van der Waals surface area contributed by atoms with Gasteiger partial charge in [0, 0.05) is 24.5 Å². The fourth-order valence-electron chi connectivity index (χ4n) is 4.30. The maximum Gasteiger partial charge on any atom is 0.295 e. The van der Waals surface area contributed by atoms with E-state index >= 15 is 0 Å². The van der Waals surface area contributed by atoms with Gasteiger partial charge < -0.3 is 14.7 Å². The molecular formula is C29H29FN2O4. The lowest BCUT2D eigenvalue weighted by Gasteiger charge is -2.25. The molecule has 7 heteroatoms. The Hall–Kier alpha value is -4.00. The van der Waals surface area contributed by atoms with Crippen molar-refractivity contribution in [3.8, 4) is 5.75 Å². The first-order valence-electron chi connectivity index (χ1n) is 12.2. The van der Waals surface area contributed by atoms with E-state index < -0.39 is 17.7 Å². The van der Waals surface area contributed by atoms with Gasteiger partial charge in [-0.2, -0.15) is 0 Å². The number of amides is 1. The number of likely N-dealkylation sites (tertiary alicyclic amines) is 1. The van der Waals surface area contributed by atoms with Gasteiger partial charge in [-0.25, -0.2) is 4.39 Å². The van der Waals surface area contributed by atoms with Crippen molar-refractivity contribution in [1.29, 1.82) is 0 Å². The van der Waals surface area contributed by atoms with Crippen molar-refractivity contribution in [2.24, 2.45) is 0 Å². The largest absolute Gasteiger partial charge is 0.507 e. The van der Waals surface area contributed by atoms with E-state index in [1.54, 1.807) is 60.9 Å². The number of rotatable bonds is 10. The molecule has 0 bridgehead atoms. The van der Waals surface area contributed by atoms with Crippen molar-refractivity contribution in [3.63, 3.8) is 0 Å². The van der Waals surface area contributed by atoms with E-state index in [2.05, 4.69) is 11.9 Å². The third-order valence-electron chi connectivity index (χ3n) is 6.24. The Morgan fingerprint density at radius 1 is 1.06 bits per heavy atom. The molecule has 0 radical (unpaired) electrons. The normalized spacial score (nSPS) is 16.9. The third-order valence-corrected chi connectivity index (χ3v) is 6.24. The summed E-state index contributed by atoms with van der Waals surface area (Å²) in [5.41, 5.74) is 1.89.